The van der Waals surface area contributed by atoms with E-state index in [9.17, 15) is 19.5 Å². The molecule has 3 aromatic rings. The number of phenols is 1. The van der Waals surface area contributed by atoms with Crippen LogP contribution in [0.2, 0.25) is 0 Å². The fourth-order valence-corrected chi connectivity index (χ4v) is 4.10. The summed E-state index contributed by atoms with van der Waals surface area (Å²) in [7, 11) is 0. The van der Waals surface area contributed by atoms with Crippen molar-refractivity contribution in [1.29, 1.82) is 0 Å². The van der Waals surface area contributed by atoms with Crippen molar-refractivity contribution < 1.29 is 24.2 Å². The molecule has 0 fully saturated rings. The van der Waals surface area contributed by atoms with Gasteiger partial charge in [-0.1, -0.05) is 40.2 Å². The first kappa shape index (κ1) is 23.4. The van der Waals surface area contributed by atoms with Gasteiger partial charge in [-0.25, -0.2) is 4.79 Å². The van der Waals surface area contributed by atoms with Crippen molar-refractivity contribution >= 4 is 45.6 Å². The van der Waals surface area contributed by atoms with Gasteiger partial charge in [-0.15, -0.1) is 0 Å². The molecule has 3 aromatic carbocycles. The fourth-order valence-electron chi connectivity index (χ4n) is 3.72. The number of carbonyl (C=O) groups excluding carboxylic acids is 3. The SMILES string of the molecule is CCOC(=O)[C@H](Cc1ccc(N=Cc2cc(Br)ccc2O)cc1)N1C(=O)c2ccccc2C1=O. The second-order valence-electron chi connectivity index (χ2n) is 7.63. The normalized spacial score (nSPS) is 13.9. The van der Waals surface area contributed by atoms with E-state index in [0.29, 0.717) is 11.3 Å². The highest BCUT2D eigenvalue weighted by atomic mass is 79.9. The molecule has 2 amide bonds. The average molecular weight is 521 g/mol. The predicted molar refractivity (Wildman–Crippen MR) is 131 cm³/mol. The summed E-state index contributed by atoms with van der Waals surface area (Å²) in [6, 6.07) is 17.5. The Kier molecular flexibility index (Phi) is 6.88. The first-order chi connectivity index (χ1) is 16.4. The third-order valence-corrected chi connectivity index (χ3v) is 5.90. The highest BCUT2D eigenvalue weighted by Crippen LogP contribution is 2.27. The van der Waals surface area contributed by atoms with Crippen molar-refractivity contribution in [2.24, 2.45) is 4.99 Å². The average Bonchev–Trinajstić information content (AvgIpc) is 3.09. The number of hydrogen-bond donors (Lipinski definition) is 1. The minimum absolute atomic E-state index is 0.112. The number of ether oxygens (including phenoxy) is 1. The second kappa shape index (κ2) is 10.0. The molecule has 34 heavy (non-hydrogen) atoms. The van der Waals surface area contributed by atoms with E-state index in [1.807, 2.05) is 0 Å². The molecule has 1 aliphatic heterocycles. The lowest BCUT2D eigenvalue weighted by atomic mass is 10.0. The molecule has 7 nitrogen and oxygen atoms in total. The summed E-state index contributed by atoms with van der Waals surface area (Å²) in [6.45, 7) is 1.81. The number of rotatable bonds is 7. The standard InChI is InChI=1S/C26H21BrN2O5/c1-2-34-26(33)22(29-24(31)20-5-3-4-6-21(20)25(29)32)13-16-7-10-19(11-8-16)28-15-17-14-18(27)9-12-23(17)30/h3-12,14-15,22,30H,2,13H2,1H3/t22-/m0/s1. The van der Waals surface area contributed by atoms with Gasteiger partial charge in [0.25, 0.3) is 11.8 Å². The molecule has 172 valence electrons. The number of carbonyl (C=O) groups is 3. The summed E-state index contributed by atoms with van der Waals surface area (Å²) in [5.41, 5.74) is 2.49. The number of aromatic hydroxyl groups is 1. The van der Waals surface area contributed by atoms with Crippen LogP contribution in [0.15, 0.2) is 76.2 Å². The Bertz CT molecular complexity index is 1250. The van der Waals surface area contributed by atoms with Gasteiger partial charge in [0.1, 0.15) is 11.8 Å². The molecule has 0 aromatic heterocycles. The molecule has 8 heteroatoms. The van der Waals surface area contributed by atoms with Crippen LogP contribution in [0.3, 0.4) is 0 Å². The minimum atomic E-state index is -1.08. The third kappa shape index (κ3) is 4.77. The summed E-state index contributed by atoms with van der Waals surface area (Å²) in [6.07, 6.45) is 1.66. The van der Waals surface area contributed by atoms with Crippen LogP contribution in [0.1, 0.15) is 38.8 Å². The summed E-state index contributed by atoms with van der Waals surface area (Å²) in [4.78, 5) is 44.0. The van der Waals surface area contributed by atoms with Gasteiger partial charge in [0.2, 0.25) is 0 Å². The highest BCUT2D eigenvalue weighted by molar-refractivity contribution is 9.10. The number of phenolic OH excluding ortho intramolecular Hbond substituents is 1. The molecule has 1 atom stereocenters. The number of nitrogens with zero attached hydrogens (tertiary/aromatic N) is 2. The Morgan fingerprint density at radius 2 is 1.71 bits per heavy atom. The highest BCUT2D eigenvalue weighted by Gasteiger charge is 2.43. The van der Waals surface area contributed by atoms with Crippen LogP contribution in [-0.4, -0.2) is 46.7 Å². The lowest BCUT2D eigenvalue weighted by molar-refractivity contribution is -0.147. The predicted octanol–water partition coefficient (Wildman–Crippen LogP) is 4.68. The van der Waals surface area contributed by atoms with E-state index in [2.05, 4.69) is 20.9 Å². The molecule has 0 saturated carbocycles. The molecule has 1 aliphatic rings. The fraction of sp³-hybridized carbons (Fsp3) is 0.154. The molecule has 0 unspecified atom stereocenters. The van der Waals surface area contributed by atoms with Crippen molar-refractivity contribution in [3.8, 4) is 5.75 Å². The molecule has 0 radical (unpaired) electrons. The van der Waals surface area contributed by atoms with Crippen molar-refractivity contribution in [3.05, 3.63) is 93.5 Å². The number of benzene rings is 3. The van der Waals surface area contributed by atoms with Crippen molar-refractivity contribution in [3.63, 3.8) is 0 Å². The Morgan fingerprint density at radius 1 is 1.06 bits per heavy atom. The van der Waals surface area contributed by atoms with E-state index in [1.165, 1.54) is 0 Å². The Hall–Kier alpha value is -3.78. The van der Waals surface area contributed by atoms with Crippen molar-refractivity contribution in [2.75, 3.05) is 6.61 Å². The Morgan fingerprint density at radius 3 is 2.32 bits per heavy atom. The van der Waals surface area contributed by atoms with Gasteiger partial charge < -0.3 is 9.84 Å². The maximum Gasteiger partial charge on any atom is 0.329 e. The van der Waals surface area contributed by atoms with E-state index in [-0.39, 0.29) is 29.9 Å². The van der Waals surface area contributed by atoms with Gasteiger partial charge in [0, 0.05) is 22.7 Å². The van der Waals surface area contributed by atoms with Crippen molar-refractivity contribution in [2.45, 2.75) is 19.4 Å². The van der Waals surface area contributed by atoms with E-state index < -0.39 is 23.8 Å². The Labute approximate surface area is 204 Å². The number of amides is 2. The second-order valence-corrected chi connectivity index (χ2v) is 8.54. The maximum atomic E-state index is 12.9. The van der Waals surface area contributed by atoms with Crippen LogP contribution in [0, 0.1) is 0 Å². The molecular formula is C26H21BrN2O5. The lowest BCUT2D eigenvalue weighted by Crippen LogP contribution is -2.47. The largest absolute Gasteiger partial charge is 0.507 e. The lowest BCUT2D eigenvalue weighted by Gasteiger charge is -2.24. The molecule has 4 rings (SSSR count). The summed E-state index contributed by atoms with van der Waals surface area (Å²) in [5.74, 6) is -1.53. The number of halogens is 1. The molecule has 0 bridgehead atoms. The quantitative estimate of drug-likeness (QED) is 0.277. The third-order valence-electron chi connectivity index (χ3n) is 5.40. The monoisotopic (exact) mass is 520 g/mol. The molecule has 1 N–H and O–H groups in total. The van der Waals surface area contributed by atoms with Gasteiger partial charge in [-0.3, -0.25) is 19.5 Å². The van der Waals surface area contributed by atoms with E-state index >= 15 is 0 Å². The molecular weight excluding hydrogens is 500 g/mol. The van der Waals surface area contributed by atoms with Gasteiger partial charge in [0.05, 0.1) is 23.4 Å². The summed E-state index contributed by atoms with van der Waals surface area (Å²) in [5, 5.41) is 9.95. The van der Waals surface area contributed by atoms with Crippen LogP contribution in [-0.2, 0) is 16.0 Å². The van der Waals surface area contributed by atoms with E-state index in [0.717, 1.165) is 14.9 Å². The van der Waals surface area contributed by atoms with Crippen LogP contribution in [0.4, 0.5) is 5.69 Å². The zero-order valence-electron chi connectivity index (χ0n) is 18.3. The van der Waals surface area contributed by atoms with Crippen LogP contribution < -0.4 is 0 Å². The Balaban J connectivity index is 1.55. The number of imide groups is 1. The zero-order chi connectivity index (χ0) is 24.2. The van der Waals surface area contributed by atoms with E-state index in [4.69, 9.17) is 4.74 Å². The number of esters is 1. The van der Waals surface area contributed by atoms with E-state index in [1.54, 1.807) is 79.9 Å². The molecule has 1 heterocycles. The van der Waals surface area contributed by atoms with Gasteiger partial charge in [-0.2, -0.15) is 0 Å². The first-order valence-corrected chi connectivity index (χ1v) is 11.4. The smallest absolute Gasteiger partial charge is 0.329 e. The van der Waals surface area contributed by atoms with Crippen LogP contribution in [0.25, 0.3) is 0 Å². The maximum absolute atomic E-state index is 12.9. The number of aliphatic imine (C=N–C) groups is 1. The summed E-state index contributed by atoms with van der Waals surface area (Å²) < 4.78 is 6.00. The van der Waals surface area contributed by atoms with Crippen molar-refractivity contribution in [1.82, 2.24) is 4.90 Å². The number of fused-ring (bicyclic) bond motifs is 1. The van der Waals surface area contributed by atoms with Gasteiger partial charge >= 0.3 is 5.97 Å². The van der Waals surface area contributed by atoms with Gasteiger partial charge in [-0.05, 0) is 55.0 Å². The topological polar surface area (TPSA) is 96.3 Å². The molecule has 0 saturated heterocycles. The minimum Gasteiger partial charge on any atom is -0.507 e. The first-order valence-electron chi connectivity index (χ1n) is 10.6. The van der Waals surface area contributed by atoms with Crippen LogP contribution >= 0.6 is 15.9 Å². The van der Waals surface area contributed by atoms with Gasteiger partial charge in [0.15, 0.2) is 0 Å². The zero-order valence-corrected chi connectivity index (χ0v) is 19.9. The summed E-state index contributed by atoms with van der Waals surface area (Å²) >= 11 is 3.36. The molecule has 0 spiro atoms. The number of hydrogen-bond acceptors (Lipinski definition) is 6. The molecule has 0 aliphatic carbocycles. The van der Waals surface area contributed by atoms with Crippen LogP contribution in [0.5, 0.6) is 5.75 Å².